The molecule has 2 amide bonds. The van der Waals surface area contributed by atoms with Crippen LogP contribution in [0.3, 0.4) is 0 Å². The molecular weight excluding hydrogens is 568 g/mol. The number of amides is 2. The van der Waals surface area contributed by atoms with Crippen molar-refractivity contribution in [2.24, 2.45) is 0 Å². The second kappa shape index (κ2) is 12.3. The molecule has 0 heterocycles. The van der Waals surface area contributed by atoms with E-state index in [0.717, 1.165) is 35.4 Å². The highest BCUT2D eigenvalue weighted by Crippen LogP contribution is 2.27. The number of carbonyl (C=O) groups excluding carboxylic acids is 2. The summed E-state index contributed by atoms with van der Waals surface area (Å²) < 4.78 is 0. The van der Waals surface area contributed by atoms with Gasteiger partial charge in [-0.25, -0.2) is 0 Å². The van der Waals surface area contributed by atoms with Crippen LogP contribution in [0.1, 0.15) is 31.8 Å². The van der Waals surface area contributed by atoms with Crippen LogP contribution in [-0.4, -0.2) is 31.5 Å². The van der Waals surface area contributed by atoms with Gasteiger partial charge in [0.05, 0.1) is 31.8 Å². The average Bonchev–Trinajstić information content (AvgIpc) is 2.98. The number of rotatable bonds is 10. The molecule has 0 fully saturated rings. The fourth-order valence-electron chi connectivity index (χ4n) is 4.00. The van der Waals surface area contributed by atoms with Gasteiger partial charge in [0, 0.05) is 23.5 Å². The van der Waals surface area contributed by atoms with E-state index < -0.39 is 54.3 Å². The van der Waals surface area contributed by atoms with Crippen molar-refractivity contribution in [1.82, 2.24) is 0 Å². The second-order valence-electron chi connectivity index (χ2n) is 8.91. The first-order valence-corrected chi connectivity index (χ1v) is 12.1. The lowest BCUT2D eigenvalue weighted by Crippen LogP contribution is -2.14. The molecular formula is C27H18N6O10. The molecule has 0 bridgehead atoms. The van der Waals surface area contributed by atoms with Crippen molar-refractivity contribution in [2.75, 3.05) is 10.6 Å². The summed E-state index contributed by atoms with van der Waals surface area (Å²) in [5.41, 5.74) is -0.782. The molecule has 4 rings (SSSR count). The first-order chi connectivity index (χ1) is 20.4. The Morgan fingerprint density at radius 2 is 0.860 bits per heavy atom. The molecule has 0 aliphatic heterocycles. The molecule has 16 nitrogen and oxygen atoms in total. The molecule has 43 heavy (non-hydrogen) atoms. The molecule has 0 radical (unpaired) electrons. The van der Waals surface area contributed by atoms with Crippen LogP contribution >= 0.6 is 0 Å². The molecule has 0 spiro atoms. The Morgan fingerprint density at radius 1 is 0.512 bits per heavy atom. The summed E-state index contributed by atoms with van der Waals surface area (Å²) >= 11 is 0. The van der Waals surface area contributed by atoms with E-state index in [2.05, 4.69) is 10.6 Å². The summed E-state index contributed by atoms with van der Waals surface area (Å²) in [4.78, 5) is 66.3. The molecule has 0 saturated heterocycles. The van der Waals surface area contributed by atoms with Crippen molar-refractivity contribution in [3.8, 4) is 0 Å². The van der Waals surface area contributed by atoms with Crippen LogP contribution in [0, 0.1) is 40.5 Å². The van der Waals surface area contributed by atoms with Crippen LogP contribution in [0.5, 0.6) is 0 Å². The van der Waals surface area contributed by atoms with Gasteiger partial charge in [0.25, 0.3) is 34.6 Å². The van der Waals surface area contributed by atoms with E-state index in [1.165, 1.54) is 0 Å². The monoisotopic (exact) mass is 586 g/mol. The number of non-ortho nitro benzene ring substituents is 2. The molecule has 0 atom stereocenters. The number of benzene rings is 4. The Morgan fingerprint density at radius 3 is 1.16 bits per heavy atom. The Balaban J connectivity index is 1.40. The number of nitro benzene ring substituents is 4. The zero-order valence-corrected chi connectivity index (χ0v) is 21.7. The van der Waals surface area contributed by atoms with Crippen LogP contribution in [0.15, 0.2) is 84.9 Å². The third kappa shape index (κ3) is 6.95. The highest BCUT2D eigenvalue weighted by Gasteiger charge is 2.25. The number of anilines is 2. The number of carbonyl (C=O) groups is 2. The molecule has 0 aromatic heterocycles. The van der Waals surface area contributed by atoms with Gasteiger partial charge >= 0.3 is 0 Å². The molecule has 216 valence electrons. The van der Waals surface area contributed by atoms with Crippen molar-refractivity contribution in [2.45, 2.75) is 6.42 Å². The molecule has 0 unspecified atom stereocenters. The summed E-state index contributed by atoms with van der Waals surface area (Å²) in [6.07, 6.45) is 0.449. The molecule has 0 aliphatic rings. The van der Waals surface area contributed by atoms with Crippen LogP contribution in [0.25, 0.3) is 0 Å². The smallest absolute Gasteiger partial charge is 0.289 e. The van der Waals surface area contributed by atoms with Crippen LogP contribution in [0.4, 0.5) is 34.1 Å². The van der Waals surface area contributed by atoms with Crippen molar-refractivity contribution in [1.29, 1.82) is 0 Å². The minimum Gasteiger partial charge on any atom is -0.322 e. The first kappa shape index (κ1) is 29.4. The van der Waals surface area contributed by atoms with Crippen LogP contribution in [-0.2, 0) is 6.42 Å². The maximum Gasteiger partial charge on any atom is 0.289 e. The minimum absolute atomic E-state index is 0.333. The summed E-state index contributed by atoms with van der Waals surface area (Å²) in [7, 11) is 0. The van der Waals surface area contributed by atoms with Gasteiger partial charge in [-0.2, -0.15) is 0 Å². The van der Waals surface area contributed by atoms with Crippen molar-refractivity contribution in [3.05, 3.63) is 148 Å². The molecule has 4 aromatic rings. The van der Waals surface area contributed by atoms with Gasteiger partial charge in [-0.15, -0.1) is 0 Å². The minimum atomic E-state index is -0.874. The zero-order chi connectivity index (χ0) is 31.3. The van der Waals surface area contributed by atoms with Crippen LogP contribution < -0.4 is 10.6 Å². The van der Waals surface area contributed by atoms with Crippen LogP contribution in [0.2, 0.25) is 0 Å². The summed E-state index contributed by atoms with van der Waals surface area (Å²) in [6, 6.07) is 18.6. The van der Waals surface area contributed by atoms with Gasteiger partial charge in [-0.1, -0.05) is 24.3 Å². The second-order valence-corrected chi connectivity index (χ2v) is 8.91. The third-order valence-electron chi connectivity index (χ3n) is 6.10. The van der Waals surface area contributed by atoms with E-state index in [4.69, 9.17) is 0 Å². The summed E-state index contributed by atoms with van der Waals surface area (Å²) in [5.74, 6) is -1.63. The molecule has 16 heteroatoms. The highest BCUT2D eigenvalue weighted by molar-refractivity contribution is 6.08. The Bertz CT molecular complexity index is 1660. The largest absolute Gasteiger partial charge is 0.322 e. The van der Waals surface area contributed by atoms with E-state index in [-0.39, 0.29) is 11.1 Å². The topological polar surface area (TPSA) is 231 Å². The van der Waals surface area contributed by atoms with Gasteiger partial charge in [-0.05, 0) is 53.9 Å². The predicted octanol–water partition coefficient (Wildman–Crippen LogP) is 5.41. The van der Waals surface area contributed by atoms with Gasteiger partial charge < -0.3 is 10.6 Å². The Kier molecular flexibility index (Phi) is 8.41. The fraction of sp³-hybridized carbons (Fsp3) is 0.0370. The lowest BCUT2D eigenvalue weighted by Gasteiger charge is -2.09. The van der Waals surface area contributed by atoms with E-state index in [1.807, 2.05) is 0 Å². The van der Waals surface area contributed by atoms with Crippen molar-refractivity contribution < 1.29 is 29.3 Å². The van der Waals surface area contributed by atoms with Gasteiger partial charge in [0.2, 0.25) is 0 Å². The Labute approximate surface area is 240 Å². The predicted molar refractivity (Wildman–Crippen MR) is 151 cm³/mol. The molecule has 2 N–H and O–H groups in total. The van der Waals surface area contributed by atoms with E-state index in [0.29, 0.717) is 29.9 Å². The highest BCUT2D eigenvalue weighted by atomic mass is 16.6. The summed E-state index contributed by atoms with van der Waals surface area (Å²) in [6.45, 7) is 0. The standard InChI is InChI=1S/C27H18N6O10/c34-26(22-11-9-20(30(36)37)14-24(22)32(40)41)28-18-5-1-16(2-6-18)13-17-3-7-19(8-4-17)29-27(35)23-12-10-21(31(38)39)15-25(23)33(42)43/h1-12,14-15H,13H2,(H,28,34)(H,29,35). The van der Waals surface area contributed by atoms with E-state index in [1.54, 1.807) is 48.5 Å². The summed E-state index contributed by atoms with van der Waals surface area (Å²) in [5, 5.41) is 49.5. The lowest BCUT2D eigenvalue weighted by atomic mass is 10.0. The number of nitro groups is 4. The number of nitrogens with zero attached hydrogens (tertiary/aromatic N) is 4. The Hall–Kier alpha value is -6.58. The van der Waals surface area contributed by atoms with E-state index >= 15 is 0 Å². The number of hydrogen-bond donors (Lipinski definition) is 2. The maximum atomic E-state index is 12.6. The fourth-order valence-corrected chi connectivity index (χ4v) is 4.00. The molecule has 4 aromatic carbocycles. The van der Waals surface area contributed by atoms with Gasteiger partial charge in [0.15, 0.2) is 0 Å². The first-order valence-electron chi connectivity index (χ1n) is 12.1. The third-order valence-corrected chi connectivity index (χ3v) is 6.10. The van der Waals surface area contributed by atoms with Gasteiger partial charge in [-0.3, -0.25) is 50.0 Å². The average molecular weight is 586 g/mol. The van der Waals surface area contributed by atoms with Gasteiger partial charge in [0.1, 0.15) is 11.1 Å². The normalized spacial score (nSPS) is 10.4. The van der Waals surface area contributed by atoms with Crippen molar-refractivity contribution >= 4 is 45.9 Å². The maximum absolute atomic E-state index is 12.6. The zero-order valence-electron chi connectivity index (χ0n) is 21.7. The number of hydrogen-bond acceptors (Lipinski definition) is 10. The quantitative estimate of drug-likeness (QED) is 0.177. The SMILES string of the molecule is O=C(Nc1ccc(Cc2ccc(NC(=O)c3ccc([N+](=O)[O-])cc3[N+](=O)[O-])cc2)cc1)c1ccc([N+](=O)[O-])cc1[N+](=O)[O-]. The number of nitrogens with one attached hydrogen (secondary N) is 2. The van der Waals surface area contributed by atoms with E-state index in [9.17, 15) is 50.0 Å². The molecule has 0 aliphatic carbocycles. The van der Waals surface area contributed by atoms with Crippen molar-refractivity contribution in [3.63, 3.8) is 0 Å². The lowest BCUT2D eigenvalue weighted by molar-refractivity contribution is -0.394. The molecule has 0 saturated carbocycles.